The quantitative estimate of drug-likeness (QED) is 0.533. The molecule has 6 nitrogen and oxygen atoms in total. The van der Waals surface area contributed by atoms with Crippen molar-refractivity contribution in [1.29, 1.82) is 0 Å². The third-order valence-electron chi connectivity index (χ3n) is 5.23. The molecule has 27 heavy (non-hydrogen) atoms. The summed E-state index contributed by atoms with van der Waals surface area (Å²) in [6.07, 6.45) is -1.62. The number of alkyl halides is 2. The maximum atomic E-state index is 13.7. The maximum Gasteiger partial charge on any atom is 0.249 e. The fourth-order valence-electron chi connectivity index (χ4n) is 3.69. The van der Waals surface area contributed by atoms with Gasteiger partial charge in [-0.25, -0.2) is 8.78 Å². The molecule has 1 saturated carbocycles. The van der Waals surface area contributed by atoms with Crippen LogP contribution in [0.5, 0.6) is 0 Å². The highest BCUT2D eigenvalue weighted by Crippen LogP contribution is 2.47. The molecule has 6 N–H and O–H groups in total. The summed E-state index contributed by atoms with van der Waals surface area (Å²) in [6.45, 7) is 0. The fraction of sp³-hybridized carbons (Fsp3) is 0.526. The van der Waals surface area contributed by atoms with Crippen molar-refractivity contribution in [2.75, 3.05) is 0 Å². The first-order valence-electron chi connectivity index (χ1n) is 8.79. The second kappa shape index (κ2) is 8.31. The average Bonchev–Trinajstić information content (AvgIpc) is 2.60. The molecule has 0 saturated heterocycles. The minimum absolute atomic E-state index is 0.284. The molecule has 1 aliphatic carbocycles. The van der Waals surface area contributed by atoms with Crippen LogP contribution in [0.2, 0.25) is 0 Å². The van der Waals surface area contributed by atoms with Crippen LogP contribution in [0, 0.1) is 18.3 Å². The van der Waals surface area contributed by atoms with E-state index in [1.807, 2.05) is 30.3 Å². The Morgan fingerprint density at radius 2 is 1.85 bits per heavy atom. The number of nitrogens with two attached hydrogens (primary N) is 2. The van der Waals surface area contributed by atoms with E-state index in [9.17, 15) is 28.6 Å². The molecular formula is C19H25F2N2O4. The van der Waals surface area contributed by atoms with Crippen molar-refractivity contribution in [2.24, 2.45) is 23.3 Å². The predicted octanol–water partition coefficient (Wildman–Crippen LogP) is 0.938. The molecule has 1 fully saturated rings. The van der Waals surface area contributed by atoms with Crippen LogP contribution in [0.1, 0.15) is 31.2 Å². The SMILES string of the molecule is NC(=O)C1CC(F)(F)CC[C@]1(O)[C@H](CC(O)[CH]Cc1ccccc1)C(N)=O. The molecule has 2 rings (SSSR count). The number of hydrogen-bond acceptors (Lipinski definition) is 4. The lowest BCUT2D eigenvalue weighted by Gasteiger charge is -2.45. The van der Waals surface area contributed by atoms with Crippen LogP contribution in [0.15, 0.2) is 30.3 Å². The number of rotatable bonds is 8. The van der Waals surface area contributed by atoms with Crippen LogP contribution < -0.4 is 11.5 Å². The van der Waals surface area contributed by atoms with Crippen LogP contribution in [0.25, 0.3) is 0 Å². The van der Waals surface area contributed by atoms with Crippen molar-refractivity contribution in [3.63, 3.8) is 0 Å². The van der Waals surface area contributed by atoms with Crippen molar-refractivity contribution in [2.45, 2.75) is 49.7 Å². The highest BCUT2D eigenvalue weighted by Gasteiger charge is 2.56. The summed E-state index contributed by atoms with van der Waals surface area (Å²) in [6, 6.07) is 9.24. The van der Waals surface area contributed by atoms with Gasteiger partial charge < -0.3 is 21.7 Å². The fourth-order valence-corrected chi connectivity index (χ4v) is 3.69. The van der Waals surface area contributed by atoms with Gasteiger partial charge >= 0.3 is 0 Å². The zero-order chi connectivity index (χ0) is 20.2. The lowest BCUT2D eigenvalue weighted by atomic mass is 9.65. The maximum absolute atomic E-state index is 13.7. The van der Waals surface area contributed by atoms with Crippen LogP contribution >= 0.6 is 0 Å². The molecule has 4 atom stereocenters. The molecule has 1 aromatic carbocycles. The van der Waals surface area contributed by atoms with Gasteiger partial charge in [-0.15, -0.1) is 0 Å². The molecule has 149 valence electrons. The number of aliphatic hydroxyl groups is 2. The average molecular weight is 383 g/mol. The van der Waals surface area contributed by atoms with Crippen LogP contribution in [-0.4, -0.2) is 39.7 Å². The second-order valence-electron chi connectivity index (χ2n) is 7.19. The second-order valence-corrected chi connectivity index (χ2v) is 7.19. The topological polar surface area (TPSA) is 127 Å². The highest BCUT2D eigenvalue weighted by molar-refractivity contribution is 5.83. The zero-order valence-corrected chi connectivity index (χ0v) is 14.9. The molecule has 0 aromatic heterocycles. The van der Waals surface area contributed by atoms with Crippen molar-refractivity contribution in [3.05, 3.63) is 42.3 Å². The minimum atomic E-state index is -3.16. The third kappa shape index (κ3) is 5.23. The summed E-state index contributed by atoms with van der Waals surface area (Å²) >= 11 is 0. The number of halogens is 2. The molecule has 2 unspecified atom stereocenters. The van der Waals surface area contributed by atoms with E-state index in [1.54, 1.807) is 0 Å². The Morgan fingerprint density at radius 3 is 2.41 bits per heavy atom. The monoisotopic (exact) mass is 383 g/mol. The summed E-state index contributed by atoms with van der Waals surface area (Å²) in [5.74, 6) is -8.26. The molecule has 0 heterocycles. The standard InChI is InChI=1S/C19H25F2N2O4/c20-18(21)8-9-19(27,15(11-18)17(23)26)14(16(22)25)10-13(24)7-6-12-4-2-1-3-5-12/h1-5,7,13-15,24,27H,6,8-11H2,(H2,22,25)(H2,23,26)/t13?,14-,15?,19+/m1/s1. The molecule has 1 aliphatic rings. The number of benzene rings is 1. The Hall–Kier alpha value is -2.06. The molecule has 0 aliphatic heterocycles. The number of hydrogen-bond donors (Lipinski definition) is 4. The van der Waals surface area contributed by atoms with Gasteiger partial charge in [0.1, 0.15) is 0 Å². The Labute approximate surface area is 156 Å². The first kappa shape index (κ1) is 21.2. The smallest absolute Gasteiger partial charge is 0.249 e. The van der Waals surface area contributed by atoms with Gasteiger partial charge in [0.2, 0.25) is 17.7 Å². The van der Waals surface area contributed by atoms with E-state index in [-0.39, 0.29) is 6.42 Å². The van der Waals surface area contributed by atoms with E-state index in [0.717, 1.165) is 5.56 Å². The van der Waals surface area contributed by atoms with Crippen LogP contribution in [-0.2, 0) is 16.0 Å². The predicted molar refractivity (Wildman–Crippen MR) is 94.2 cm³/mol. The van der Waals surface area contributed by atoms with Crippen molar-refractivity contribution in [3.8, 4) is 0 Å². The van der Waals surface area contributed by atoms with E-state index in [1.165, 1.54) is 6.42 Å². The van der Waals surface area contributed by atoms with Gasteiger partial charge in [0.15, 0.2) is 0 Å². The summed E-state index contributed by atoms with van der Waals surface area (Å²) in [5, 5.41) is 21.2. The first-order valence-corrected chi connectivity index (χ1v) is 8.79. The largest absolute Gasteiger partial charge is 0.393 e. The minimum Gasteiger partial charge on any atom is -0.393 e. The van der Waals surface area contributed by atoms with Gasteiger partial charge in [-0.2, -0.15) is 0 Å². The molecule has 0 spiro atoms. The van der Waals surface area contributed by atoms with Gasteiger partial charge in [-0.05, 0) is 31.2 Å². The van der Waals surface area contributed by atoms with Crippen molar-refractivity contribution >= 4 is 11.8 Å². The molecule has 2 amide bonds. The number of aliphatic hydroxyl groups excluding tert-OH is 1. The zero-order valence-electron chi connectivity index (χ0n) is 14.9. The summed E-state index contributed by atoms with van der Waals surface area (Å²) in [7, 11) is 0. The van der Waals surface area contributed by atoms with E-state index in [2.05, 4.69) is 0 Å². The molecule has 0 bridgehead atoms. The Morgan fingerprint density at radius 1 is 1.22 bits per heavy atom. The normalized spacial score (nSPS) is 26.9. The summed E-state index contributed by atoms with van der Waals surface area (Å²) in [4.78, 5) is 23.6. The lowest BCUT2D eigenvalue weighted by Crippen LogP contribution is -2.59. The molecule has 1 aromatic rings. The van der Waals surface area contributed by atoms with Crippen LogP contribution in [0.4, 0.5) is 8.78 Å². The Bertz CT molecular complexity index is 671. The number of primary amides is 2. The lowest BCUT2D eigenvalue weighted by molar-refractivity contribution is -0.180. The molecule has 1 radical (unpaired) electrons. The third-order valence-corrected chi connectivity index (χ3v) is 5.23. The number of amides is 2. The van der Waals surface area contributed by atoms with Crippen molar-refractivity contribution < 1.29 is 28.6 Å². The first-order chi connectivity index (χ1) is 12.5. The van der Waals surface area contributed by atoms with Crippen LogP contribution in [0.3, 0.4) is 0 Å². The summed E-state index contributed by atoms with van der Waals surface area (Å²) < 4.78 is 27.4. The van der Waals surface area contributed by atoms with Gasteiger partial charge in [-0.1, -0.05) is 30.3 Å². The molecule has 8 heteroatoms. The summed E-state index contributed by atoms with van der Waals surface area (Å²) in [5.41, 5.74) is 9.41. The van der Waals surface area contributed by atoms with E-state index < -0.39 is 60.5 Å². The van der Waals surface area contributed by atoms with Gasteiger partial charge in [0.05, 0.1) is 23.5 Å². The molecular weight excluding hydrogens is 358 g/mol. The van der Waals surface area contributed by atoms with Gasteiger partial charge in [0.25, 0.3) is 0 Å². The van der Waals surface area contributed by atoms with E-state index >= 15 is 0 Å². The van der Waals surface area contributed by atoms with Gasteiger partial charge in [0, 0.05) is 12.8 Å². The van der Waals surface area contributed by atoms with E-state index in [0.29, 0.717) is 6.42 Å². The van der Waals surface area contributed by atoms with Crippen molar-refractivity contribution in [1.82, 2.24) is 0 Å². The van der Waals surface area contributed by atoms with Gasteiger partial charge in [-0.3, -0.25) is 9.59 Å². The Kier molecular flexibility index (Phi) is 6.54. The number of carbonyl (C=O) groups is 2. The number of carbonyl (C=O) groups excluding carboxylic acids is 2. The highest BCUT2D eigenvalue weighted by atomic mass is 19.3. The van der Waals surface area contributed by atoms with E-state index in [4.69, 9.17) is 11.5 Å². The Balaban J connectivity index is 2.12.